The van der Waals surface area contributed by atoms with Crippen LogP contribution in [0.15, 0.2) is 49.1 Å². The van der Waals surface area contributed by atoms with Crippen LogP contribution < -0.4 is 9.80 Å². The Hall–Kier alpha value is -1.78. The number of piperazine rings is 1. The fraction of sp³-hybridized carbons (Fsp3) is 0.375. The molecule has 0 atom stereocenters. The van der Waals surface area contributed by atoms with E-state index in [0.29, 0.717) is 0 Å². The Balaban J connectivity index is 1.47. The van der Waals surface area contributed by atoms with Crippen LogP contribution >= 0.6 is 0 Å². The van der Waals surface area contributed by atoms with Crippen LogP contribution in [0.5, 0.6) is 0 Å². The Morgan fingerprint density at radius 3 is 1.55 bits per heavy atom. The molecule has 2 N–H and O–H groups in total. The zero-order valence-corrected chi connectivity index (χ0v) is 11.8. The fourth-order valence-corrected chi connectivity index (χ4v) is 2.89. The van der Waals surface area contributed by atoms with E-state index in [1.807, 2.05) is 36.9 Å². The number of nitrogens with one attached hydrogen (secondary N) is 2. The Labute approximate surface area is 120 Å². The molecular formula is C16H22N4+2. The van der Waals surface area contributed by atoms with Gasteiger partial charge < -0.3 is 9.80 Å². The molecule has 104 valence electrons. The van der Waals surface area contributed by atoms with Gasteiger partial charge in [0.15, 0.2) is 0 Å². The zero-order chi connectivity index (χ0) is 13.6. The van der Waals surface area contributed by atoms with Crippen molar-refractivity contribution in [2.24, 2.45) is 0 Å². The van der Waals surface area contributed by atoms with Gasteiger partial charge in [-0.3, -0.25) is 9.97 Å². The lowest BCUT2D eigenvalue weighted by Gasteiger charge is -2.29. The molecule has 1 fully saturated rings. The predicted octanol–water partition coefficient (Wildman–Crippen LogP) is -1.04. The molecule has 3 rings (SSSR count). The van der Waals surface area contributed by atoms with Gasteiger partial charge in [0, 0.05) is 35.9 Å². The highest BCUT2D eigenvalue weighted by Crippen LogP contribution is 1.93. The smallest absolute Gasteiger partial charge is 0.127 e. The van der Waals surface area contributed by atoms with Crippen molar-refractivity contribution in [3.05, 3.63) is 60.2 Å². The van der Waals surface area contributed by atoms with Gasteiger partial charge in [0.25, 0.3) is 0 Å². The van der Waals surface area contributed by atoms with E-state index >= 15 is 0 Å². The van der Waals surface area contributed by atoms with Gasteiger partial charge in [-0.2, -0.15) is 0 Å². The van der Waals surface area contributed by atoms with Crippen molar-refractivity contribution >= 4 is 0 Å². The van der Waals surface area contributed by atoms with E-state index < -0.39 is 0 Å². The summed E-state index contributed by atoms with van der Waals surface area (Å²) in [5.74, 6) is 0. The second-order valence-electron chi connectivity index (χ2n) is 5.58. The van der Waals surface area contributed by atoms with Crippen LogP contribution in [0.2, 0.25) is 0 Å². The molecule has 0 radical (unpaired) electrons. The second-order valence-corrected chi connectivity index (χ2v) is 5.58. The van der Waals surface area contributed by atoms with Gasteiger partial charge in [0.1, 0.15) is 39.3 Å². The summed E-state index contributed by atoms with van der Waals surface area (Å²) in [6, 6.07) is 8.40. The molecular weight excluding hydrogens is 248 g/mol. The summed E-state index contributed by atoms with van der Waals surface area (Å²) in [4.78, 5) is 11.7. The molecule has 0 aromatic carbocycles. The van der Waals surface area contributed by atoms with Crippen LogP contribution in [-0.4, -0.2) is 36.1 Å². The quantitative estimate of drug-likeness (QED) is 0.744. The second kappa shape index (κ2) is 6.59. The highest BCUT2D eigenvalue weighted by atomic mass is 15.3. The van der Waals surface area contributed by atoms with E-state index in [1.54, 1.807) is 9.80 Å². The van der Waals surface area contributed by atoms with Crippen LogP contribution in [0.25, 0.3) is 0 Å². The van der Waals surface area contributed by atoms with Crippen LogP contribution in [0.3, 0.4) is 0 Å². The lowest BCUT2D eigenvalue weighted by molar-refractivity contribution is -1.02. The normalized spacial score (nSPS) is 22.6. The van der Waals surface area contributed by atoms with Gasteiger partial charge >= 0.3 is 0 Å². The first-order chi connectivity index (χ1) is 9.90. The number of nitrogens with zero attached hydrogens (tertiary/aromatic N) is 2. The Bertz CT molecular complexity index is 457. The van der Waals surface area contributed by atoms with Crippen molar-refractivity contribution in [1.82, 2.24) is 9.97 Å². The van der Waals surface area contributed by atoms with E-state index in [9.17, 15) is 0 Å². The van der Waals surface area contributed by atoms with E-state index in [1.165, 1.54) is 37.3 Å². The van der Waals surface area contributed by atoms with Crippen molar-refractivity contribution < 1.29 is 9.80 Å². The third-order valence-corrected chi connectivity index (χ3v) is 4.02. The average Bonchev–Trinajstić information content (AvgIpc) is 2.51. The average molecular weight is 270 g/mol. The molecule has 3 heterocycles. The summed E-state index contributed by atoms with van der Waals surface area (Å²) >= 11 is 0. The number of hydrogen-bond acceptors (Lipinski definition) is 2. The maximum Gasteiger partial charge on any atom is 0.127 e. The number of aromatic nitrogens is 2. The first kappa shape index (κ1) is 13.2. The molecule has 1 aliphatic rings. The van der Waals surface area contributed by atoms with Crippen molar-refractivity contribution in [2.75, 3.05) is 26.2 Å². The van der Waals surface area contributed by atoms with Crippen LogP contribution in [-0.2, 0) is 13.1 Å². The summed E-state index contributed by atoms with van der Waals surface area (Å²) in [6.45, 7) is 7.17. The largest absolute Gasteiger partial charge is 0.322 e. The molecule has 4 heteroatoms. The molecule has 0 bridgehead atoms. The van der Waals surface area contributed by atoms with Gasteiger partial charge in [0.05, 0.1) is 0 Å². The number of rotatable bonds is 4. The minimum absolute atomic E-state index is 1.11. The summed E-state index contributed by atoms with van der Waals surface area (Å²) < 4.78 is 0. The molecule has 0 unspecified atom stereocenters. The number of hydrogen-bond donors (Lipinski definition) is 2. The monoisotopic (exact) mass is 270 g/mol. The van der Waals surface area contributed by atoms with Gasteiger partial charge in [-0.25, -0.2) is 0 Å². The zero-order valence-electron chi connectivity index (χ0n) is 11.8. The Morgan fingerprint density at radius 1 is 0.750 bits per heavy atom. The molecule has 0 spiro atoms. The number of pyridine rings is 2. The molecule has 0 amide bonds. The summed E-state index contributed by atoms with van der Waals surface area (Å²) in [5.41, 5.74) is 2.69. The SMILES string of the molecule is c1cncc(C[NH+]2CC[NH+](Cc3cccnc3)CC2)c1. The Kier molecular flexibility index (Phi) is 4.35. The van der Waals surface area contributed by atoms with E-state index in [4.69, 9.17) is 0 Å². The first-order valence-corrected chi connectivity index (χ1v) is 7.35. The minimum Gasteiger partial charge on any atom is -0.322 e. The van der Waals surface area contributed by atoms with Crippen molar-refractivity contribution in [1.29, 1.82) is 0 Å². The fourth-order valence-electron chi connectivity index (χ4n) is 2.89. The van der Waals surface area contributed by atoms with Gasteiger partial charge in [0.2, 0.25) is 0 Å². The van der Waals surface area contributed by atoms with Crippen molar-refractivity contribution in [3.63, 3.8) is 0 Å². The standard InChI is InChI=1S/C16H20N4/c1-3-15(11-17-5-1)13-19-7-9-20(10-8-19)14-16-4-2-6-18-12-16/h1-6,11-12H,7-10,13-14H2/p+2. The lowest BCUT2D eigenvalue weighted by atomic mass is 10.2. The topological polar surface area (TPSA) is 34.7 Å². The number of quaternary nitrogens is 2. The third-order valence-electron chi connectivity index (χ3n) is 4.02. The Morgan fingerprint density at radius 2 is 1.20 bits per heavy atom. The van der Waals surface area contributed by atoms with Crippen molar-refractivity contribution in [2.45, 2.75) is 13.1 Å². The highest BCUT2D eigenvalue weighted by Gasteiger charge is 2.23. The molecule has 1 saturated heterocycles. The first-order valence-electron chi connectivity index (χ1n) is 7.35. The van der Waals surface area contributed by atoms with E-state index in [0.717, 1.165) is 13.1 Å². The summed E-state index contributed by atoms with van der Waals surface area (Å²) in [5, 5.41) is 0. The predicted molar refractivity (Wildman–Crippen MR) is 77.3 cm³/mol. The van der Waals surface area contributed by atoms with Gasteiger partial charge in [-0.1, -0.05) is 12.1 Å². The van der Waals surface area contributed by atoms with E-state index in [-0.39, 0.29) is 0 Å². The molecule has 0 aliphatic carbocycles. The van der Waals surface area contributed by atoms with Crippen LogP contribution in [0, 0.1) is 0 Å². The molecule has 4 nitrogen and oxygen atoms in total. The summed E-state index contributed by atoms with van der Waals surface area (Å²) in [7, 11) is 0. The maximum atomic E-state index is 4.20. The third kappa shape index (κ3) is 3.62. The van der Waals surface area contributed by atoms with Crippen LogP contribution in [0.4, 0.5) is 0 Å². The molecule has 1 aliphatic heterocycles. The van der Waals surface area contributed by atoms with Crippen LogP contribution in [0.1, 0.15) is 11.1 Å². The maximum absolute atomic E-state index is 4.20. The molecule has 2 aromatic heterocycles. The van der Waals surface area contributed by atoms with Crippen molar-refractivity contribution in [3.8, 4) is 0 Å². The van der Waals surface area contributed by atoms with Gasteiger partial charge in [-0.05, 0) is 12.1 Å². The highest BCUT2D eigenvalue weighted by molar-refractivity contribution is 5.07. The molecule has 0 saturated carbocycles. The van der Waals surface area contributed by atoms with Gasteiger partial charge in [-0.15, -0.1) is 0 Å². The minimum atomic E-state index is 1.11. The molecule has 2 aromatic rings. The lowest BCUT2D eigenvalue weighted by Crippen LogP contribution is -3.27. The van der Waals surface area contributed by atoms with E-state index in [2.05, 4.69) is 22.1 Å². The molecule has 20 heavy (non-hydrogen) atoms. The summed E-state index contributed by atoms with van der Waals surface area (Å²) in [6.07, 6.45) is 7.66.